The third-order valence-electron chi connectivity index (χ3n) is 2.96. The monoisotopic (exact) mass is 184 g/mol. The van der Waals surface area contributed by atoms with E-state index in [-0.39, 0.29) is 5.91 Å². The van der Waals surface area contributed by atoms with Crippen LogP contribution in [0, 0.1) is 5.92 Å². The Morgan fingerprint density at radius 2 is 2.08 bits per heavy atom. The highest BCUT2D eigenvalue weighted by Crippen LogP contribution is 2.26. The lowest BCUT2D eigenvalue weighted by molar-refractivity contribution is -0.117. The number of carbonyl (C=O) groups excluding carboxylic acids is 1. The van der Waals surface area contributed by atoms with Crippen LogP contribution in [-0.4, -0.2) is 18.5 Å². The average Bonchev–Trinajstić information content (AvgIpc) is 2.15. The van der Waals surface area contributed by atoms with Crippen LogP contribution < -0.4 is 11.1 Å². The van der Waals surface area contributed by atoms with E-state index in [2.05, 4.69) is 12.2 Å². The smallest absolute Gasteiger partial charge is 0.231 e. The third-order valence-corrected chi connectivity index (χ3v) is 2.96. The Kier molecular flexibility index (Phi) is 4.22. The molecule has 1 unspecified atom stereocenters. The molecule has 13 heavy (non-hydrogen) atoms. The lowest BCUT2D eigenvalue weighted by atomic mass is 9.84. The van der Waals surface area contributed by atoms with Gasteiger partial charge in [0.15, 0.2) is 0 Å². The first kappa shape index (κ1) is 10.5. The molecule has 1 aliphatic carbocycles. The first-order valence-electron chi connectivity index (χ1n) is 5.22. The molecule has 1 aliphatic rings. The predicted octanol–water partition coefficient (Wildman–Crippen LogP) is 1.03. The van der Waals surface area contributed by atoms with E-state index in [0.717, 1.165) is 5.92 Å². The quantitative estimate of drug-likeness (QED) is 0.685. The lowest BCUT2D eigenvalue weighted by Gasteiger charge is -2.27. The van der Waals surface area contributed by atoms with Gasteiger partial charge in [-0.3, -0.25) is 4.79 Å². The molecular formula is C10H20N2O. The summed E-state index contributed by atoms with van der Waals surface area (Å²) in [5, 5.41) is 3.18. The maximum absolute atomic E-state index is 10.5. The van der Waals surface area contributed by atoms with Gasteiger partial charge in [0.25, 0.3) is 0 Å². The molecule has 0 aromatic rings. The van der Waals surface area contributed by atoms with Crippen molar-refractivity contribution in [3.63, 3.8) is 0 Å². The van der Waals surface area contributed by atoms with Gasteiger partial charge in [-0.1, -0.05) is 19.3 Å². The average molecular weight is 184 g/mol. The highest BCUT2D eigenvalue weighted by atomic mass is 16.1. The molecule has 3 nitrogen and oxygen atoms in total. The van der Waals surface area contributed by atoms with Gasteiger partial charge in [-0.15, -0.1) is 0 Å². The van der Waals surface area contributed by atoms with Crippen molar-refractivity contribution < 1.29 is 4.79 Å². The summed E-state index contributed by atoms with van der Waals surface area (Å²) in [6.45, 7) is 2.47. The fourth-order valence-electron chi connectivity index (χ4n) is 2.06. The molecule has 0 radical (unpaired) electrons. The SMILES string of the molecule is CC(NCC(N)=O)C1CCCCC1. The molecule has 1 rings (SSSR count). The number of amides is 1. The summed E-state index contributed by atoms with van der Waals surface area (Å²) in [5.74, 6) is 0.482. The van der Waals surface area contributed by atoms with E-state index in [9.17, 15) is 4.79 Å². The summed E-state index contributed by atoms with van der Waals surface area (Å²) >= 11 is 0. The highest BCUT2D eigenvalue weighted by molar-refractivity contribution is 5.75. The van der Waals surface area contributed by atoms with Crippen LogP contribution in [0.25, 0.3) is 0 Å². The molecule has 1 atom stereocenters. The maximum Gasteiger partial charge on any atom is 0.231 e. The molecule has 3 N–H and O–H groups in total. The normalized spacial score (nSPS) is 21.3. The summed E-state index contributed by atoms with van der Waals surface area (Å²) in [6.07, 6.45) is 6.65. The van der Waals surface area contributed by atoms with E-state index in [1.54, 1.807) is 0 Å². The van der Waals surface area contributed by atoms with Gasteiger partial charge in [0.2, 0.25) is 5.91 Å². The Balaban J connectivity index is 2.20. The number of primary amides is 1. The number of nitrogens with two attached hydrogens (primary N) is 1. The maximum atomic E-state index is 10.5. The summed E-state index contributed by atoms with van der Waals surface area (Å²) in [4.78, 5) is 10.5. The van der Waals surface area contributed by atoms with E-state index in [4.69, 9.17) is 5.73 Å². The zero-order chi connectivity index (χ0) is 9.68. The summed E-state index contributed by atoms with van der Waals surface area (Å²) in [6, 6.07) is 0.438. The zero-order valence-electron chi connectivity index (χ0n) is 8.38. The minimum atomic E-state index is -0.261. The molecule has 1 fully saturated rings. The topological polar surface area (TPSA) is 55.1 Å². The summed E-state index contributed by atoms with van der Waals surface area (Å²) in [5.41, 5.74) is 5.07. The molecule has 3 heteroatoms. The molecule has 0 aliphatic heterocycles. The molecule has 0 bridgehead atoms. The van der Waals surface area contributed by atoms with Crippen LogP contribution in [-0.2, 0) is 4.79 Å². The van der Waals surface area contributed by atoms with Crippen molar-refractivity contribution in [3.05, 3.63) is 0 Å². The van der Waals surface area contributed by atoms with Crippen molar-refractivity contribution in [3.8, 4) is 0 Å². The fourth-order valence-corrected chi connectivity index (χ4v) is 2.06. The van der Waals surface area contributed by atoms with Crippen LogP contribution >= 0.6 is 0 Å². The van der Waals surface area contributed by atoms with Gasteiger partial charge in [-0.25, -0.2) is 0 Å². The van der Waals surface area contributed by atoms with E-state index in [0.29, 0.717) is 12.6 Å². The zero-order valence-corrected chi connectivity index (χ0v) is 8.38. The highest BCUT2D eigenvalue weighted by Gasteiger charge is 2.19. The van der Waals surface area contributed by atoms with Crippen LogP contribution in [0.2, 0.25) is 0 Å². The Hall–Kier alpha value is -0.570. The van der Waals surface area contributed by atoms with Gasteiger partial charge >= 0.3 is 0 Å². The van der Waals surface area contributed by atoms with E-state index in [1.165, 1.54) is 32.1 Å². The van der Waals surface area contributed by atoms with Crippen LogP contribution in [0.4, 0.5) is 0 Å². The van der Waals surface area contributed by atoms with Crippen molar-refractivity contribution in [1.29, 1.82) is 0 Å². The number of carbonyl (C=O) groups is 1. The molecule has 1 amide bonds. The van der Waals surface area contributed by atoms with E-state index >= 15 is 0 Å². The second kappa shape index (κ2) is 5.22. The van der Waals surface area contributed by atoms with Crippen LogP contribution in [0.1, 0.15) is 39.0 Å². The molecule has 0 saturated heterocycles. The largest absolute Gasteiger partial charge is 0.369 e. The summed E-state index contributed by atoms with van der Waals surface area (Å²) < 4.78 is 0. The second-order valence-corrected chi connectivity index (χ2v) is 4.03. The van der Waals surface area contributed by atoms with Gasteiger partial charge < -0.3 is 11.1 Å². The van der Waals surface area contributed by atoms with Gasteiger partial charge in [0, 0.05) is 6.04 Å². The molecule has 0 aromatic carbocycles. The van der Waals surface area contributed by atoms with Crippen molar-refractivity contribution in [2.75, 3.05) is 6.54 Å². The van der Waals surface area contributed by atoms with Crippen LogP contribution in [0.15, 0.2) is 0 Å². The molecule has 0 aromatic heterocycles. The van der Waals surface area contributed by atoms with Crippen molar-refractivity contribution in [1.82, 2.24) is 5.32 Å². The van der Waals surface area contributed by atoms with E-state index in [1.807, 2.05) is 0 Å². The first-order chi connectivity index (χ1) is 6.20. The molecular weight excluding hydrogens is 164 g/mol. The molecule has 1 saturated carbocycles. The number of hydrogen-bond acceptors (Lipinski definition) is 2. The minimum Gasteiger partial charge on any atom is -0.369 e. The van der Waals surface area contributed by atoms with Crippen LogP contribution in [0.3, 0.4) is 0 Å². The molecule has 0 heterocycles. The van der Waals surface area contributed by atoms with Crippen LogP contribution in [0.5, 0.6) is 0 Å². The predicted molar refractivity (Wildman–Crippen MR) is 53.2 cm³/mol. The molecule has 0 spiro atoms. The van der Waals surface area contributed by atoms with Gasteiger partial charge in [-0.05, 0) is 25.7 Å². The lowest BCUT2D eigenvalue weighted by Crippen LogP contribution is -2.39. The Morgan fingerprint density at radius 1 is 1.46 bits per heavy atom. The third kappa shape index (κ3) is 3.77. The Bertz CT molecular complexity index is 164. The number of nitrogens with one attached hydrogen (secondary N) is 1. The van der Waals surface area contributed by atoms with Gasteiger partial charge in [-0.2, -0.15) is 0 Å². The molecule has 76 valence electrons. The summed E-state index contributed by atoms with van der Waals surface area (Å²) in [7, 11) is 0. The van der Waals surface area contributed by atoms with Crippen molar-refractivity contribution in [2.24, 2.45) is 11.7 Å². The van der Waals surface area contributed by atoms with Crippen molar-refractivity contribution in [2.45, 2.75) is 45.1 Å². The fraction of sp³-hybridized carbons (Fsp3) is 0.900. The minimum absolute atomic E-state index is 0.261. The standard InChI is InChI=1S/C10H20N2O/c1-8(12-7-10(11)13)9-5-3-2-4-6-9/h8-9,12H,2-7H2,1H3,(H2,11,13). The Labute approximate surface area is 80.1 Å². The second-order valence-electron chi connectivity index (χ2n) is 4.03. The first-order valence-corrected chi connectivity index (χ1v) is 5.22. The van der Waals surface area contributed by atoms with Gasteiger partial charge in [0.1, 0.15) is 0 Å². The van der Waals surface area contributed by atoms with Crippen molar-refractivity contribution >= 4 is 5.91 Å². The number of rotatable bonds is 4. The Morgan fingerprint density at radius 3 is 2.62 bits per heavy atom. The van der Waals surface area contributed by atoms with E-state index < -0.39 is 0 Å². The number of hydrogen-bond donors (Lipinski definition) is 2. The van der Waals surface area contributed by atoms with Gasteiger partial charge in [0.05, 0.1) is 6.54 Å².